The van der Waals surface area contributed by atoms with E-state index in [9.17, 15) is 0 Å². The number of nitrogens with zero attached hydrogens (tertiary/aromatic N) is 4. The third-order valence-corrected chi connectivity index (χ3v) is 6.94. The van der Waals surface area contributed by atoms with Crippen LogP contribution in [0.15, 0.2) is 53.0 Å². The van der Waals surface area contributed by atoms with Gasteiger partial charge in [-0.1, -0.05) is 47.1 Å². The van der Waals surface area contributed by atoms with Crippen LogP contribution in [0.5, 0.6) is 5.75 Å². The Morgan fingerprint density at radius 3 is 2.77 bits per heavy atom. The molecule has 0 unspecified atom stereocenters. The number of hydrogen-bond acceptors (Lipinski definition) is 6. The number of thiazole rings is 1. The Hall–Kier alpha value is -2.35. The van der Waals surface area contributed by atoms with Crippen LogP contribution < -0.4 is 4.74 Å². The van der Waals surface area contributed by atoms with Crippen LogP contribution in [-0.2, 0) is 18.9 Å². The number of ether oxygens (including phenoxy) is 1. The normalized spacial score (nSPS) is 11.1. The van der Waals surface area contributed by atoms with Gasteiger partial charge >= 0.3 is 0 Å². The molecule has 0 saturated heterocycles. The topological polar surface area (TPSA) is 52.8 Å². The fourth-order valence-electron chi connectivity index (χ4n) is 3.19. The SMILES string of the molecule is CCn1c(COc2ccc(Cl)cc2C)nnc1SCc1csc(-c2cccc(C)c2)n1. The molecule has 2 aromatic heterocycles. The predicted octanol–water partition coefficient (Wildman–Crippen LogP) is 6.56. The molecular weight excluding hydrogens is 448 g/mol. The van der Waals surface area contributed by atoms with Gasteiger partial charge in [-0.15, -0.1) is 21.5 Å². The molecule has 31 heavy (non-hydrogen) atoms. The molecule has 2 aromatic carbocycles. The van der Waals surface area contributed by atoms with Crippen LogP contribution in [0.4, 0.5) is 0 Å². The second kappa shape index (κ2) is 9.85. The minimum atomic E-state index is 0.359. The first-order valence-corrected chi connectivity index (χ1v) is 12.2. The van der Waals surface area contributed by atoms with Crippen molar-refractivity contribution in [2.24, 2.45) is 0 Å². The van der Waals surface area contributed by atoms with Gasteiger partial charge in [-0.05, 0) is 50.6 Å². The highest BCUT2D eigenvalue weighted by Gasteiger charge is 2.14. The van der Waals surface area contributed by atoms with E-state index < -0.39 is 0 Å². The van der Waals surface area contributed by atoms with Crippen LogP contribution >= 0.6 is 34.7 Å². The predicted molar refractivity (Wildman–Crippen MR) is 128 cm³/mol. The molecule has 0 bridgehead atoms. The number of halogens is 1. The zero-order valence-corrected chi connectivity index (χ0v) is 20.0. The van der Waals surface area contributed by atoms with E-state index in [0.717, 1.165) is 50.9 Å². The van der Waals surface area contributed by atoms with Crippen LogP contribution in [-0.4, -0.2) is 19.7 Å². The summed E-state index contributed by atoms with van der Waals surface area (Å²) in [7, 11) is 0. The number of aryl methyl sites for hydroxylation is 2. The zero-order valence-electron chi connectivity index (χ0n) is 17.6. The van der Waals surface area contributed by atoms with Gasteiger partial charge in [0.25, 0.3) is 0 Å². The van der Waals surface area contributed by atoms with Crippen LogP contribution in [0.2, 0.25) is 5.02 Å². The smallest absolute Gasteiger partial charge is 0.191 e. The Morgan fingerprint density at radius 2 is 2.00 bits per heavy atom. The fourth-order valence-corrected chi connectivity index (χ4v) is 5.25. The van der Waals surface area contributed by atoms with Crippen LogP contribution in [0.25, 0.3) is 10.6 Å². The Morgan fingerprint density at radius 1 is 1.13 bits per heavy atom. The van der Waals surface area contributed by atoms with Crippen molar-refractivity contribution in [2.75, 3.05) is 0 Å². The van der Waals surface area contributed by atoms with Crippen LogP contribution in [0.1, 0.15) is 29.6 Å². The minimum Gasteiger partial charge on any atom is -0.485 e. The minimum absolute atomic E-state index is 0.359. The van der Waals surface area contributed by atoms with Gasteiger partial charge in [-0.2, -0.15) is 0 Å². The first kappa shape index (κ1) is 21.9. The molecule has 0 atom stereocenters. The molecular formula is C23H23ClN4OS2. The molecule has 0 aliphatic rings. The summed E-state index contributed by atoms with van der Waals surface area (Å²) in [6.07, 6.45) is 0. The van der Waals surface area contributed by atoms with E-state index in [0.29, 0.717) is 11.6 Å². The van der Waals surface area contributed by atoms with Crippen LogP contribution in [0.3, 0.4) is 0 Å². The van der Waals surface area contributed by atoms with Crippen molar-refractivity contribution in [3.63, 3.8) is 0 Å². The molecule has 0 amide bonds. The fraction of sp³-hybridized carbons (Fsp3) is 0.261. The van der Waals surface area contributed by atoms with Crippen molar-refractivity contribution in [2.45, 2.75) is 44.8 Å². The van der Waals surface area contributed by atoms with Crippen molar-refractivity contribution in [3.8, 4) is 16.3 Å². The van der Waals surface area contributed by atoms with Crippen molar-refractivity contribution < 1.29 is 4.74 Å². The van der Waals surface area contributed by atoms with Crippen molar-refractivity contribution >= 4 is 34.7 Å². The lowest BCUT2D eigenvalue weighted by molar-refractivity contribution is 0.286. The lowest BCUT2D eigenvalue weighted by Gasteiger charge is -2.10. The Kier molecular flexibility index (Phi) is 6.95. The van der Waals surface area contributed by atoms with Gasteiger partial charge in [-0.25, -0.2) is 4.98 Å². The highest BCUT2D eigenvalue weighted by Crippen LogP contribution is 2.28. The molecule has 4 rings (SSSR count). The van der Waals surface area contributed by atoms with E-state index in [4.69, 9.17) is 21.3 Å². The molecule has 0 aliphatic heterocycles. The van der Waals surface area contributed by atoms with E-state index in [1.165, 1.54) is 5.56 Å². The summed E-state index contributed by atoms with van der Waals surface area (Å²) >= 11 is 9.34. The van der Waals surface area contributed by atoms with Gasteiger partial charge in [0.2, 0.25) is 0 Å². The van der Waals surface area contributed by atoms with E-state index in [1.54, 1.807) is 23.1 Å². The summed E-state index contributed by atoms with van der Waals surface area (Å²) in [5.41, 5.74) is 4.45. The third-order valence-electron chi connectivity index (χ3n) is 4.77. The standard InChI is InChI=1S/C23H23ClN4OS2/c1-4-28-21(12-29-20-9-8-18(24)11-16(20)3)26-27-23(28)31-14-19-13-30-22(25-19)17-7-5-6-15(2)10-17/h5-11,13H,4,12,14H2,1-3H3. The molecule has 160 valence electrons. The van der Waals surface area contributed by atoms with Gasteiger partial charge in [-0.3, -0.25) is 0 Å². The van der Waals surface area contributed by atoms with Crippen molar-refractivity contribution in [1.29, 1.82) is 0 Å². The van der Waals surface area contributed by atoms with Gasteiger partial charge in [0.15, 0.2) is 11.0 Å². The van der Waals surface area contributed by atoms with Gasteiger partial charge in [0, 0.05) is 28.3 Å². The average Bonchev–Trinajstić information content (AvgIpc) is 3.38. The molecule has 4 aromatic rings. The molecule has 2 heterocycles. The number of rotatable bonds is 8. The third kappa shape index (κ3) is 5.29. The van der Waals surface area contributed by atoms with E-state index >= 15 is 0 Å². The number of aromatic nitrogens is 4. The maximum absolute atomic E-state index is 6.02. The summed E-state index contributed by atoms with van der Waals surface area (Å²) in [5, 5.41) is 13.5. The lowest BCUT2D eigenvalue weighted by Crippen LogP contribution is -2.07. The van der Waals surface area contributed by atoms with Crippen LogP contribution in [0, 0.1) is 13.8 Å². The highest BCUT2D eigenvalue weighted by molar-refractivity contribution is 7.98. The van der Waals surface area contributed by atoms with Gasteiger partial charge < -0.3 is 9.30 Å². The quantitative estimate of drug-likeness (QED) is 0.273. The Labute approximate surface area is 195 Å². The monoisotopic (exact) mass is 470 g/mol. The molecule has 5 nitrogen and oxygen atoms in total. The first-order valence-electron chi connectivity index (χ1n) is 9.98. The maximum Gasteiger partial charge on any atom is 0.191 e. The Bertz CT molecular complexity index is 1190. The second-order valence-electron chi connectivity index (χ2n) is 7.14. The molecule has 0 aliphatic carbocycles. The summed E-state index contributed by atoms with van der Waals surface area (Å²) < 4.78 is 8.04. The summed E-state index contributed by atoms with van der Waals surface area (Å²) in [6.45, 7) is 7.30. The lowest BCUT2D eigenvalue weighted by atomic mass is 10.1. The van der Waals surface area contributed by atoms with E-state index in [1.807, 2.05) is 25.1 Å². The largest absolute Gasteiger partial charge is 0.485 e. The first-order chi connectivity index (χ1) is 15.0. The van der Waals surface area contributed by atoms with Crippen molar-refractivity contribution in [3.05, 3.63) is 75.5 Å². The summed E-state index contributed by atoms with van der Waals surface area (Å²) in [5.74, 6) is 2.35. The maximum atomic E-state index is 6.02. The zero-order chi connectivity index (χ0) is 21.8. The summed E-state index contributed by atoms with van der Waals surface area (Å²) in [4.78, 5) is 4.80. The molecule has 8 heteroatoms. The molecule has 0 saturated carbocycles. The molecule has 0 N–H and O–H groups in total. The highest BCUT2D eigenvalue weighted by atomic mass is 35.5. The van der Waals surface area contributed by atoms with Gasteiger partial charge in [0.05, 0.1) is 5.69 Å². The number of hydrogen-bond donors (Lipinski definition) is 0. The number of benzene rings is 2. The van der Waals surface area contributed by atoms with E-state index in [-0.39, 0.29) is 0 Å². The number of thioether (sulfide) groups is 1. The molecule has 0 fully saturated rings. The summed E-state index contributed by atoms with van der Waals surface area (Å²) in [6, 6.07) is 14.0. The average molecular weight is 471 g/mol. The molecule has 0 spiro atoms. The van der Waals surface area contributed by atoms with Gasteiger partial charge in [0.1, 0.15) is 17.4 Å². The Balaban J connectivity index is 1.41. The molecule has 0 radical (unpaired) electrons. The van der Waals surface area contributed by atoms with Crippen molar-refractivity contribution in [1.82, 2.24) is 19.7 Å². The second-order valence-corrected chi connectivity index (χ2v) is 9.38. The van der Waals surface area contributed by atoms with E-state index in [2.05, 4.69) is 58.3 Å².